The Morgan fingerprint density at radius 2 is 1.91 bits per heavy atom. The topological polar surface area (TPSA) is 89.3 Å². The van der Waals surface area contributed by atoms with Crippen molar-refractivity contribution in [1.29, 1.82) is 0 Å². The van der Waals surface area contributed by atoms with Gasteiger partial charge < -0.3 is 14.5 Å². The van der Waals surface area contributed by atoms with Gasteiger partial charge in [-0.05, 0) is 90.5 Å². The summed E-state index contributed by atoms with van der Waals surface area (Å²) in [6.45, 7) is 3.89. The number of benzene rings is 2. The number of aromatic nitrogens is 2. The third kappa shape index (κ3) is 5.30. The van der Waals surface area contributed by atoms with Gasteiger partial charge in [-0.3, -0.25) is 15.1 Å². The SMILES string of the molecule is CC(C)Oc1ccc(C(=O)NC(=S)Nc2ccc3oc(-c4cncc(Br)c4)nc3c2)cc1. The number of pyridine rings is 1. The van der Waals surface area contributed by atoms with Gasteiger partial charge in [-0.25, -0.2) is 4.98 Å². The largest absolute Gasteiger partial charge is 0.491 e. The molecule has 0 saturated carbocycles. The molecule has 0 saturated heterocycles. The predicted octanol–water partition coefficient (Wildman–Crippen LogP) is 5.57. The Hall–Kier alpha value is -3.30. The summed E-state index contributed by atoms with van der Waals surface area (Å²) in [4.78, 5) is 21.1. The number of oxazole rings is 1. The van der Waals surface area contributed by atoms with Gasteiger partial charge in [0.2, 0.25) is 5.89 Å². The summed E-state index contributed by atoms with van der Waals surface area (Å²) in [6.07, 6.45) is 3.44. The van der Waals surface area contributed by atoms with Crippen LogP contribution in [0.15, 0.2) is 69.8 Å². The molecule has 32 heavy (non-hydrogen) atoms. The molecule has 9 heteroatoms. The lowest BCUT2D eigenvalue weighted by atomic mass is 10.2. The molecule has 0 bridgehead atoms. The first-order chi connectivity index (χ1) is 15.4. The lowest BCUT2D eigenvalue weighted by Gasteiger charge is -2.11. The summed E-state index contributed by atoms with van der Waals surface area (Å²) in [7, 11) is 0. The van der Waals surface area contributed by atoms with E-state index in [4.69, 9.17) is 21.4 Å². The van der Waals surface area contributed by atoms with E-state index in [1.807, 2.05) is 19.9 Å². The summed E-state index contributed by atoms with van der Waals surface area (Å²) in [5, 5.41) is 5.85. The second kappa shape index (κ2) is 9.46. The highest BCUT2D eigenvalue weighted by molar-refractivity contribution is 9.10. The molecule has 0 aliphatic rings. The number of amides is 1. The molecule has 4 rings (SSSR count). The molecular weight excluding hydrogens is 492 g/mol. The number of carbonyl (C=O) groups is 1. The van der Waals surface area contributed by atoms with Gasteiger partial charge in [-0.1, -0.05) is 0 Å². The van der Waals surface area contributed by atoms with Crippen molar-refractivity contribution in [2.24, 2.45) is 0 Å². The second-order valence-corrected chi connectivity index (χ2v) is 8.52. The number of ether oxygens (including phenoxy) is 1. The quantitative estimate of drug-likeness (QED) is 0.339. The van der Waals surface area contributed by atoms with Crippen molar-refractivity contribution in [3.05, 3.63) is 71.0 Å². The number of nitrogens with one attached hydrogen (secondary N) is 2. The van der Waals surface area contributed by atoms with Crippen LogP contribution < -0.4 is 15.4 Å². The third-order valence-corrected chi connectivity index (χ3v) is 4.95. The molecule has 162 valence electrons. The van der Waals surface area contributed by atoms with Crippen molar-refractivity contribution in [1.82, 2.24) is 15.3 Å². The number of nitrogens with zero attached hydrogens (tertiary/aromatic N) is 2. The Bertz CT molecular complexity index is 1290. The fourth-order valence-corrected chi connectivity index (χ4v) is 3.53. The first-order valence-electron chi connectivity index (χ1n) is 9.78. The van der Waals surface area contributed by atoms with Crippen LogP contribution in [0.25, 0.3) is 22.6 Å². The molecule has 7 nitrogen and oxygen atoms in total. The Kier molecular flexibility index (Phi) is 6.48. The number of fused-ring (bicyclic) bond motifs is 1. The fourth-order valence-electron chi connectivity index (χ4n) is 2.95. The zero-order chi connectivity index (χ0) is 22.7. The van der Waals surface area contributed by atoms with Crippen LogP contribution in [0.3, 0.4) is 0 Å². The van der Waals surface area contributed by atoms with Gasteiger partial charge in [0.25, 0.3) is 5.91 Å². The smallest absolute Gasteiger partial charge is 0.257 e. The number of halogens is 1. The van der Waals surface area contributed by atoms with E-state index in [0.29, 0.717) is 34.0 Å². The Labute approximate surface area is 198 Å². The van der Waals surface area contributed by atoms with Crippen LogP contribution >= 0.6 is 28.1 Å². The highest BCUT2D eigenvalue weighted by atomic mass is 79.9. The van der Waals surface area contributed by atoms with Gasteiger partial charge in [0, 0.05) is 28.1 Å². The summed E-state index contributed by atoms with van der Waals surface area (Å²) in [5.74, 6) is 0.855. The molecular formula is C23H19BrN4O3S. The third-order valence-electron chi connectivity index (χ3n) is 4.31. The number of thiocarbonyl (C=S) groups is 1. The van der Waals surface area contributed by atoms with E-state index in [-0.39, 0.29) is 17.1 Å². The van der Waals surface area contributed by atoms with Crippen molar-refractivity contribution in [3.63, 3.8) is 0 Å². The van der Waals surface area contributed by atoms with Gasteiger partial charge in [-0.2, -0.15) is 0 Å². The van der Waals surface area contributed by atoms with Crippen LogP contribution in [0.1, 0.15) is 24.2 Å². The van der Waals surface area contributed by atoms with E-state index in [2.05, 4.69) is 36.5 Å². The van der Waals surface area contributed by atoms with Gasteiger partial charge in [0.05, 0.1) is 11.7 Å². The summed E-state index contributed by atoms with van der Waals surface area (Å²) in [6, 6.07) is 14.1. The van der Waals surface area contributed by atoms with Gasteiger partial charge >= 0.3 is 0 Å². The molecule has 0 atom stereocenters. The van der Waals surface area contributed by atoms with Crippen molar-refractivity contribution < 1.29 is 13.9 Å². The molecule has 2 aromatic carbocycles. The number of hydrogen-bond donors (Lipinski definition) is 2. The number of anilines is 1. The van der Waals surface area contributed by atoms with E-state index in [0.717, 1.165) is 10.0 Å². The summed E-state index contributed by atoms with van der Waals surface area (Å²) in [5.41, 5.74) is 3.20. The standard InChI is InChI=1S/C23H19BrN4O3S/c1-13(2)30-18-6-3-14(4-7-18)21(29)28-23(32)26-17-5-8-20-19(10-17)27-22(31-20)15-9-16(24)12-25-11-15/h3-13H,1-2H3,(H2,26,28,29,32). The Morgan fingerprint density at radius 3 is 2.62 bits per heavy atom. The van der Waals surface area contributed by atoms with Gasteiger partial charge in [0.1, 0.15) is 11.3 Å². The summed E-state index contributed by atoms with van der Waals surface area (Å²) < 4.78 is 12.2. The fraction of sp³-hybridized carbons (Fsp3) is 0.130. The highest BCUT2D eigenvalue weighted by Crippen LogP contribution is 2.27. The van der Waals surface area contributed by atoms with E-state index < -0.39 is 0 Å². The minimum atomic E-state index is -0.314. The number of rotatable bonds is 5. The van der Waals surface area contributed by atoms with Crippen LogP contribution in [0.4, 0.5) is 5.69 Å². The van der Waals surface area contributed by atoms with E-state index in [1.54, 1.807) is 54.9 Å². The van der Waals surface area contributed by atoms with E-state index >= 15 is 0 Å². The van der Waals surface area contributed by atoms with Crippen molar-refractivity contribution in [3.8, 4) is 17.2 Å². The Morgan fingerprint density at radius 1 is 1.12 bits per heavy atom. The minimum absolute atomic E-state index is 0.0656. The molecule has 0 radical (unpaired) electrons. The highest BCUT2D eigenvalue weighted by Gasteiger charge is 2.12. The second-order valence-electron chi connectivity index (χ2n) is 7.19. The van der Waals surface area contributed by atoms with Crippen LogP contribution in [0.2, 0.25) is 0 Å². The molecule has 2 N–H and O–H groups in total. The lowest BCUT2D eigenvalue weighted by molar-refractivity contribution is 0.0977. The molecule has 1 amide bonds. The molecule has 0 spiro atoms. The Balaban J connectivity index is 1.42. The first kappa shape index (κ1) is 21.9. The van der Waals surface area contributed by atoms with Gasteiger partial charge in [0.15, 0.2) is 10.7 Å². The lowest BCUT2D eigenvalue weighted by Crippen LogP contribution is -2.34. The molecule has 4 aromatic rings. The predicted molar refractivity (Wildman–Crippen MR) is 131 cm³/mol. The van der Waals surface area contributed by atoms with Crippen molar-refractivity contribution >= 4 is 56.0 Å². The zero-order valence-corrected chi connectivity index (χ0v) is 19.7. The molecule has 2 heterocycles. The first-order valence-corrected chi connectivity index (χ1v) is 11.0. The van der Waals surface area contributed by atoms with Crippen molar-refractivity contribution in [2.75, 3.05) is 5.32 Å². The van der Waals surface area contributed by atoms with Crippen molar-refractivity contribution in [2.45, 2.75) is 20.0 Å². The maximum atomic E-state index is 12.5. The average molecular weight is 511 g/mol. The normalized spacial score (nSPS) is 10.9. The minimum Gasteiger partial charge on any atom is -0.491 e. The molecule has 2 aromatic heterocycles. The maximum absolute atomic E-state index is 12.5. The van der Waals surface area contributed by atoms with Gasteiger partial charge in [-0.15, -0.1) is 0 Å². The molecule has 0 aliphatic carbocycles. The van der Waals surface area contributed by atoms with Crippen LogP contribution in [-0.4, -0.2) is 27.1 Å². The van der Waals surface area contributed by atoms with E-state index in [1.165, 1.54) is 0 Å². The molecule has 0 fully saturated rings. The zero-order valence-electron chi connectivity index (χ0n) is 17.3. The number of hydrogen-bond acceptors (Lipinski definition) is 6. The van der Waals surface area contributed by atoms with Crippen LogP contribution in [0.5, 0.6) is 5.75 Å². The molecule has 0 aliphatic heterocycles. The van der Waals surface area contributed by atoms with Crippen LogP contribution in [0, 0.1) is 0 Å². The monoisotopic (exact) mass is 510 g/mol. The average Bonchev–Trinajstić information content (AvgIpc) is 3.17. The maximum Gasteiger partial charge on any atom is 0.257 e. The van der Waals surface area contributed by atoms with Crippen LogP contribution in [-0.2, 0) is 0 Å². The van der Waals surface area contributed by atoms with E-state index in [9.17, 15) is 4.79 Å². The summed E-state index contributed by atoms with van der Waals surface area (Å²) >= 11 is 8.68. The molecule has 0 unspecified atom stereocenters. The number of carbonyl (C=O) groups excluding carboxylic acids is 1.